The Morgan fingerprint density at radius 3 is 2.31 bits per heavy atom. The predicted molar refractivity (Wildman–Crippen MR) is 109 cm³/mol. The first-order valence-electron chi connectivity index (χ1n) is 8.78. The first-order chi connectivity index (χ1) is 14.1. The van der Waals surface area contributed by atoms with Gasteiger partial charge >= 0.3 is 5.97 Å². The van der Waals surface area contributed by atoms with Gasteiger partial charge in [0.1, 0.15) is 5.75 Å². The number of allylic oxidation sites excluding steroid dienone is 1. The number of hydrogen-bond donors (Lipinski definition) is 0. The first kappa shape index (κ1) is 18.8. The Labute approximate surface area is 172 Å². The molecule has 6 heteroatoms. The van der Waals surface area contributed by atoms with Crippen molar-refractivity contribution in [1.29, 1.82) is 0 Å². The molecule has 0 atom stereocenters. The Balaban J connectivity index is 1.40. The molecule has 5 nitrogen and oxygen atoms in total. The first-order valence-corrected chi connectivity index (χ1v) is 9.16. The standard InChI is InChI=1S/C23H15ClO5/c24-18-7-1-15(2-8-18)3-11-20(25)16-4-9-19(10-5-16)29-23(26)17-6-12-21-22(13-17)28-14-27-21/h1-13H,14H2/b11-3+. The zero-order valence-electron chi connectivity index (χ0n) is 15.1. The van der Waals surface area contributed by atoms with Crippen LogP contribution in [0.5, 0.6) is 17.2 Å². The van der Waals surface area contributed by atoms with Crippen molar-refractivity contribution >= 4 is 29.4 Å². The fourth-order valence-electron chi connectivity index (χ4n) is 2.72. The van der Waals surface area contributed by atoms with Crippen LogP contribution in [-0.2, 0) is 0 Å². The summed E-state index contributed by atoms with van der Waals surface area (Å²) in [6.45, 7) is 0.135. The molecular formula is C23H15ClO5. The van der Waals surface area contributed by atoms with Crippen molar-refractivity contribution in [3.05, 3.63) is 94.5 Å². The van der Waals surface area contributed by atoms with Crippen LogP contribution < -0.4 is 14.2 Å². The number of ether oxygens (including phenoxy) is 3. The molecule has 0 aromatic heterocycles. The van der Waals surface area contributed by atoms with Crippen LogP contribution in [-0.4, -0.2) is 18.5 Å². The third-order valence-corrected chi connectivity index (χ3v) is 4.51. The molecule has 0 aliphatic carbocycles. The largest absolute Gasteiger partial charge is 0.454 e. The van der Waals surface area contributed by atoms with E-state index in [9.17, 15) is 9.59 Å². The van der Waals surface area contributed by atoms with Crippen molar-refractivity contribution < 1.29 is 23.8 Å². The predicted octanol–water partition coefficient (Wildman–Crippen LogP) is 5.18. The number of halogens is 1. The molecule has 0 amide bonds. The fraction of sp³-hybridized carbons (Fsp3) is 0.0435. The van der Waals surface area contributed by atoms with Gasteiger partial charge in [-0.15, -0.1) is 0 Å². The average Bonchev–Trinajstić information content (AvgIpc) is 3.21. The van der Waals surface area contributed by atoms with Crippen LogP contribution in [0, 0.1) is 0 Å². The van der Waals surface area contributed by atoms with E-state index in [-0.39, 0.29) is 12.6 Å². The number of fused-ring (bicyclic) bond motifs is 1. The molecule has 1 aliphatic rings. The van der Waals surface area contributed by atoms with Crippen molar-refractivity contribution in [3.8, 4) is 17.2 Å². The molecule has 144 valence electrons. The topological polar surface area (TPSA) is 61.8 Å². The summed E-state index contributed by atoms with van der Waals surface area (Å²) >= 11 is 5.85. The molecular weight excluding hydrogens is 392 g/mol. The van der Waals surface area contributed by atoms with E-state index < -0.39 is 5.97 Å². The maximum atomic E-state index is 12.3. The summed E-state index contributed by atoms with van der Waals surface area (Å²) in [5.74, 6) is 0.758. The quantitative estimate of drug-likeness (QED) is 0.253. The number of carbonyl (C=O) groups excluding carboxylic acids is 2. The van der Waals surface area contributed by atoms with Gasteiger partial charge in [0, 0.05) is 10.6 Å². The zero-order valence-corrected chi connectivity index (χ0v) is 15.9. The third kappa shape index (κ3) is 4.47. The summed E-state index contributed by atoms with van der Waals surface area (Å²) in [4.78, 5) is 24.6. The number of benzene rings is 3. The van der Waals surface area contributed by atoms with Gasteiger partial charge in [0.2, 0.25) is 6.79 Å². The second kappa shape index (κ2) is 8.20. The maximum Gasteiger partial charge on any atom is 0.343 e. The van der Waals surface area contributed by atoms with Crippen molar-refractivity contribution in [2.75, 3.05) is 6.79 Å². The Hall–Kier alpha value is -3.57. The van der Waals surface area contributed by atoms with Crippen LogP contribution in [0.2, 0.25) is 5.02 Å². The highest BCUT2D eigenvalue weighted by molar-refractivity contribution is 6.30. The number of esters is 1. The molecule has 0 bridgehead atoms. The Kier molecular flexibility index (Phi) is 5.31. The average molecular weight is 407 g/mol. The smallest absolute Gasteiger partial charge is 0.343 e. The molecule has 1 heterocycles. The zero-order chi connectivity index (χ0) is 20.2. The highest BCUT2D eigenvalue weighted by Gasteiger charge is 2.17. The highest BCUT2D eigenvalue weighted by atomic mass is 35.5. The fourth-order valence-corrected chi connectivity index (χ4v) is 2.84. The number of ketones is 1. The van der Waals surface area contributed by atoms with E-state index in [4.69, 9.17) is 25.8 Å². The minimum absolute atomic E-state index is 0.135. The second-order valence-corrected chi connectivity index (χ2v) is 6.67. The molecule has 0 saturated heterocycles. The van der Waals surface area contributed by atoms with E-state index in [1.807, 2.05) is 12.1 Å². The number of rotatable bonds is 5. The molecule has 3 aromatic carbocycles. The Morgan fingerprint density at radius 1 is 0.862 bits per heavy atom. The van der Waals surface area contributed by atoms with Crippen LogP contribution in [0.15, 0.2) is 72.8 Å². The van der Waals surface area contributed by atoms with E-state index in [0.29, 0.717) is 33.4 Å². The Bertz CT molecular complexity index is 1090. The summed E-state index contributed by atoms with van der Waals surface area (Å²) in [5, 5.41) is 0.638. The molecule has 0 saturated carbocycles. The summed E-state index contributed by atoms with van der Waals surface area (Å²) in [6, 6.07) is 18.4. The molecule has 1 aliphatic heterocycles. The normalized spacial score (nSPS) is 12.2. The minimum Gasteiger partial charge on any atom is -0.454 e. The summed E-state index contributed by atoms with van der Waals surface area (Å²) < 4.78 is 15.8. The van der Waals surface area contributed by atoms with E-state index in [2.05, 4.69) is 0 Å². The lowest BCUT2D eigenvalue weighted by atomic mass is 10.1. The van der Waals surface area contributed by atoms with Gasteiger partial charge in [-0.1, -0.05) is 29.8 Å². The lowest BCUT2D eigenvalue weighted by molar-refractivity contribution is 0.0734. The molecule has 3 aromatic rings. The van der Waals surface area contributed by atoms with Crippen LogP contribution in [0.1, 0.15) is 26.3 Å². The molecule has 0 unspecified atom stereocenters. The van der Waals surface area contributed by atoms with Gasteiger partial charge < -0.3 is 14.2 Å². The van der Waals surface area contributed by atoms with Gasteiger partial charge in [-0.25, -0.2) is 4.79 Å². The molecule has 0 fully saturated rings. The van der Waals surface area contributed by atoms with Gasteiger partial charge in [0.15, 0.2) is 17.3 Å². The van der Waals surface area contributed by atoms with Crippen LogP contribution in [0.4, 0.5) is 0 Å². The summed E-state index contributed by atoms with van der Waals surface area (Å²) in [6.07, 6.45) is 3.20. The van der Waals surface area contributed by atoms with Crippen LogP contribution in [0.25, 0.3) is 6.08 Å². The number of carbonyl (C=O) groups is 2. The maximum absolute atomic E-state index is 12.3. The van der Waals surface area contributed by atoms with Crippen LogP contribution >= 0.6 is 11.6 Å². The van der Waals surface area contributed by atoms with E-state index in [0.717, 1.165) is 5.56 Å². The SMILES string of the molecule is O=C(/C=C/c1ccc(Cl)cc1)c1ccc(OC(=O)c2ccc3c(c2)OCO3)cc1. The number of hydrogen-bond acceptors (Lipinski definition) is 5. The summed E-state index contributed by atoms with van der Waals surface area (Å²) in [5.41, 5.74) is 1.70. The summed E-state index contributed by atoms with van der Waals surface area (Å²) in [7, 11) is 0. The molecule has 0 spiro atoms. The second-order valence-electron chi connectivity index (χ2n) is 6.23. The third-order valence-electron chi connectivity index (χ3n) is 4.25. The van der Waals surface area contributed by atoms with E-state index in [1.165, 1.54) is 6.08 Å². The van der Waals surface area contributed by atoms with E-state index >= 15 is 0 Å². The molecule has 4 rings (SSSR count). The van der Waals surface area contributed by atoms with Gasteiger partial charge in [-0.2, -0.15) is 0 Å². The van der Waals surface area contributed by atoms with Crippen molar-refractivity contribution in [2.45, 2.75) is 0 Å². The highest BCUT2D eigenvalue weighted by Crippen LogP contribution is 2.32. The lowest BCUT2D eigenvalue weighted by Crippen LogP contribution is -2.08. The van der Waals surface area contributed by atoms with Gasteiger partial charge in [-0.05, 0) is 66.2 Å². The van der Waals surface area contributed by atoms with Crippen molar-refractivity contribution in [2.24, 2.45) is 0 Å². The minimum atomic E-state index is -0.523. The van der Waals surface area contributed by atoms with Gasteiger partial charge in [0.05, 0.1) is 5.56 Å². The van der Waals surface area contributed by atoms with Crippen molar-refractivity contribution in [3.63, 3.8) is 0 Å². The van der Waals surface area contributed by atoms with E-state index in [1.54, 1.807) is 60.7 Å². The molecule has 29 heavy (non-hydrogen) atoms. The lowest BCUT2D eigenvalue weighted by Gasteiger charge is -2.06. The van der Waals surface area contributed by atoms with Gasteiger partial charge in [0.25, 0.3) is 0 Å². The monoisotopic (exact) mass is 406 g/mol. The van der Waals surface area contributed by atoms with Crippen molar-refractivity contribution in [1.82, 2.24) is 0 Å². The Morgan fingerprint density at radius 2 is 1.55 bits per heavy atom. The van der Waals surface area contributed by atoms with Crippen LogP contribution in [0.3, 0.4) is 0 Å². The van der Waals surface area contributed by atoms with Gasteiger partial charge in [-0.3, -0.25) is 4.79 Å². The molecule has 0 N–H and O–H groups in total. The molecule has 0 radical (unpaired) electrons.